The van der Waals surface area contributed by atoms with Crippen molar-refractivity contribution in [2.75, 3.05) is 0 Å². The van der Waals surface area contributed by atoms with E-state index in [2.05, 4.69) is 19.7 Å². The number of hydrogen-bond donors (Lipinski definition) is 2. The highest BCUT2D eigenvalue weighted by atomic mass is 35.5. The highest BCUT2D eigenvalue weighted by Gasteiger charge is 2.16. The van der Waals surface area contributed by atoms with Crippen LogP contribution in [0.1, 0.15) is 5.82 Å². The molecule has 6 nitrogen and oxygen atoms in total. The van der Waals surface area contributed by atoms with Crippen LogP contribution < -0.4 is 4.72 Å². The van der Waals surface area contributed by atoms with Crippen LogP contribution in [0.25, 0.3) is 0 Å². The Hall–Kier alpha value is -1.15. The number of sulfonamides is 1. The Labute approximate surface area is 113 Å². The minimum Gasteiger partial charge on any atom is -0.347 e. The number of nitrogens with zero attached hydrogens (tertiary/aromatic N) is 2. The van der Waals surface area contributed by atoms with Gasteiger partial charge in [-0.1, -0.05) is 23.2 Å². The van der Waals surface area contributed by atoms with Gasteiger partial charge in [0.15, 0.2) is 0 Å². The van der Waals surface area contributed by atoms with E-state index in [-0.39, 0.29) is 21.6 Å². The molecule has 0 unspecified atom stereocenters. The van der Waals surface area contributed by atoms with Crippen LogP contribution in [0.2, 0.25) is 10.2 Å². The summed E-state index contributed by atoms with van der Waals surface area (Å²) in [6, 6.07) is 1.24. The lowest BCUT2D eigenvalue weighted by molar-refractivity contribution is 0.579. The monoisotopic (exact) mass is 306 g/mol. The number of nitrogens with one attached hydrogen (secondary N) is 2. The second-order valence-corrected chi connectivity index (χ2v) is 5.84. The summed E-state index contributed by atoms with van der Waals surface area (Å²) in [5.41, 5.74) is 0. The fourth-order valence-electron chi connectivity index (χ4n) is 1.19. The van der Waals surface area contributed by atoms with Gasteiger partial charge in [0.25, 0.3) is 0 Å². The first kappa shape index (κ1) is 13.3. The molecule has 9 heteroatoms. The molecule has 0 radical (unpaired) electrons. The van der Waals surface area contributed by atoms with Gasteiger partial charge >= 0.3 is 0 Å². The Morgan fingerprint density at radius 3 is 2.72 bits per heavy atom. The Kier molecular flexibility index (Phi) is 3.86. The lowest BCUT2D eigenvalue weighted by Crippen LogP contribution is -2.24. The summed E-state index contributed by atoms with van der Waals surface area (Å²) in [4.78, 5) is 10.3. The molecule has 2 rings (SSSR count). The second kappa shape index (κ2) is 5.23. The molecule has 0 saturated heterocycles. The van der Waals surface area contributed by atoms with Crippen molar-refractivity contribution in [2.24, 2.45) is 0 Å². The third-order valence-corrected chi connectivity index (χ3v) is 4.12. The first-order valence-electron chi connectivity index (χ1n) is 4.78. The molecule has 0 aliphatic rings. The van der Waals surface area contributed by atoms with E-state index < -0.39 is 10.0 Å². The molecule has 2 N–H and O–H groups in total. The van der Waals surface area contributed by atoms with E-state index in [1.807, 2.05) is 0 Å². The second-order valence-electron chi connectivity index (χ2n) is 3.30. The molecule has 0 aromatic carbocycles. The fourth-order valence-corrected chi connectivity index (χ4v) is 2.48. The van der Waals surface area contributed by atoms with Crippen LogP contribution in [-0.2, 0) is 16.6 Å². The van der Waals surface area contributed by atoms with Gasteiger partial charge in [-0.05, 0) is 6.07 Å². The lowest BCUT2D eigenvalue weighted by atomic mass is 10.5. The third kappa shape index (κ3) is 2.99. The van der Waals surface area contributed by atoms with Crippen molar-refractivity contribution in [3.8, 4) is 0 Å². The maximum Gasteiger partial charge on any atom is 0.242 e. The molecule has 2 aromatic heterocycles. The molecule has 0 spiro atoms. The van der Waals surface area contributed by atoms with E-state index in [9.17, 15) is 8.42 Å². The Morgan fingerprint density at radius 2 is 2.11 bits per heavy atom. The third-order valence-electron chi connectivity index (χ3n) is 2.07. The number of imidazole rings is 1. The van der Waals surface area contributed by atoms with E-state index in [1.165, 1.54) is 12.3 Å². The predicted molar refractivity (Wildman–Crippen MR) is 66.9 cm³/mol. The molecule has 2 aromatic rings. The van der Waals surface area contributed by atoms with Crippen molar-refractivity contribution >= 4 is 33.2 Å². The van der Waals surface area contributed by atoms with Gasteiger partial charge in [0.05, 0.1) is 11.6 Å². The van der Waals surface area contributed by atoms with E-state index in [0.29, 0.717) is 5.82 Å². The maximum atomic E-state index is 11.9. The van der Waals surface area contributed by atoms with Gasteiger partial charge in [-0.25, -0.2) is 23.1 Å². The van der Waals surface area contributed by atoms with Gasteiger partial charge in [-0.2, -0.15) is 0 Å². The summed E-state index contributed by atoms with van der Waals surface area (Å²) in [7, 11) is -3.69. The Balaban J connectivity index is 2.17. The van der Waals surface area contributed by atoms with Gasteiger partial charge in [0.2, 0.25) is 10.0 Å². The average molecular weight is 307 g/mol. The van der Waals surface area contributed by atoms with Crippen LogP contribution in [-0.4, -0.2) is 23.4 Å². The summed E-state index contributed by atoms with van der Waals surface area (Å²) in [6.07, 6.45) is 4.27. The summed E-state index contributed by atoms with van der Waals surface area (Å²) in [6.45, 7) is 0.0512. The molecular formula is C9H8Cl2N4O2S. The molecule has 0 aliphatic carbocycles. The van der Waals surface area contributed by atoms with Crippen LogP contribution >= 0.6 is 23.2 Å². The average Bonchev–Trinajstić information content (AvgIpc) is 2.83. The molecule has 2 heterocycles. The maximum absolute atomic E-state index is 11.9. The van der Waals surface area contributed by atoms with E-state index in [1.54, 1.807) is 6.20 Å². The van der Waals surface area contributed by atoms with Crippen molar-refractivity contribution in [1.29, 1.82) is 0 Å². The molecule has 0 fully saturated rings. The molecule has 18 heavy (non-hydrogen) atoms. The standard InChI is InChI=1S/C9H8Cl2N4O2S/c10-7-3-6(4-14-9(7)11)18(16,17)15-5-8-12-1-2-13-8/h1-4,15H,5H2,(H,12,13). The zero-order chi connectivity index (χ0) is 13.2. The molecule has 0 amide bonds. The first-order valence-corrected chi connectivity index (χ1v) is 7.02. The Bertz CT molecular complexity index is 643. The molecule has 0 aliphatic heterocycles. The largest absolute Gasteiger partial charge is 0.347 e. The predicted octanol–water partition coefficient (Wildman–Crippen LogP) is 1.59. The van der Waals surface area contributed by atoms with Crippen molar-refractivity contribution in [3.63, 3.8) is 0 Å². The van der Waals surface area contributed by atoms with Crippen LogP contribution in [0.4, 0.5) is 0 Å². The summed E-state index contributed by atoms with van der Waals surface area (Å²) in [5, 5.41) is 0.138. The van der Waals surface area contributed by atoms with Gasteiger partial charge in [0, 0.05) is 18.6 Å². The normalized spacial score (nSPS) is 11.7. The van der Waals surface area contributed by atoms with E-state index >= 15 is 0 Å². The molecule has 0 bridgehead atoms. The molecule has 0 atom stereocenters. The molecule has 96 valence electrons. The van der Waals surface area contributed by atoms with Crippen molar-refractivity contribution < 1.29 is 8.42 Å². The summed E-state index contributed by atoms with van der Waals surface area (Å²) in [5.74, 6) is 0.506. The van der Waals surface area contributed by atoms with Crippen molar-refractivity contribution in [2.45, 2.75) is 11.4 Å². The zero-order valence-corrected chi connectivity index (χ0v) is 11.2. The minimum absolute atomic E-state index is 0.0512. The number of H-pyrrole nitrogens is 1. The van der Waals surface area contributed by atoms with Gasteiger partial charge in [-0.3, -0.25) is 0 Å². The molecule has 0 saturated carbocycles. The number of rotatable bonds is 4. The first-order chi connectivity index (χ1) is 8.49. The minimum atomic E-state index is -3.69. The fraction of sp³-hybridized carbons (Fsp3) is 0.111. The number of pyridine rings is 1. The lowest BCUT2D eigenvalue weighted by Gasteiger charge is -2.05. The summed E-state index contributed by atoms with van der Waals surface area (Å²) < 4.78 is 26.2. The summed E-state index contributed by atoms with van der Waals surface area (Å²) >= 11 is 11.3. The zero-order valence-electron chi connectivity index (χ0n) is 8.89. The van der Waals surface area contributed by atoms with Gasteiger partial charge in [-0.15, -0.1) is 0 Å². The highest BCUT2D eigenvalue weighted by Crippen LogP contribution is 2.21. The van der Waals surface area contributed by atoms with Gasteiger partial charge < -0.3 is 4.98 Å². The molecular weight excluding hydrogens is 299 g/mol. The van der Waals surface area contributed by atoms with Crippen molar-refractivity contribution in [1.82, 2.24) is 19.7 Å². The number of aromatic nitrogens is 3. The number of hydrogen-bond acceptors (Lipinski definition) is 4. The quantitative estimate of drug-likeness (QED) is 0.840. The highest BCUT2D eigenvalue weighted by molar-refractivity contribution is 7.89. The van der Waals surface area contributed by atoms with Crippen LogP contribution in [0, 0.1) is 0 Å². The van der Waals surface area contributed by atoms with Crippen LogP contribution in [0.15, 0.2) is 29.6 Å². The number of halogens is 2. The van der Waals surface area contributed by atoms with E-state index in [4.69, 9.17) is 23.2 Å². The SMILES string of the molecule is O=S(=O)(NCc1ncc[nH]1)c1cnc(Cl)c(Cl)c1. The Morgan fingerprint density at radius 1 is 1.33 bits per heavy atom. The van der Waals surface area contributed by atoms with Gasteiger partial charge in [0.1, 0.15) is 15.9 Å². The topological polar surface area (TPSA) is 87.7 Å². The van der Waals surface area contributed by atoms with Crippen molar-refractivity contribution in [3.05, 3.63) is 40.7 Å². The van der Waals surface area contributed by atoms with E-state index in [0.717, 1.165) is 6.20 Å². The smallest absolute Gasteiger partial charge is 0.242 e. The van der Waals surface area contributed by atoms with Crippen LogP contribution in [0.5, 0.6) is 0 Å². The number of aromatic amines is 1. The van der Waals surface area contributed by atoms with Crippen LogP contribution in [0.3, 0.4) is 0 Å².